The fraction of sp³-hybridized carbons (Fsp3) is 0.786. The zero-order valence-corrected chi connectivity index (χ0v) is 12.8. The Morgan fingerprint density at radius 1 is 1.19 bits per heavy atom. The van der Waals surface area contributed by atoms with Crippen molar-refractivity contribution in [3.8, 4) is 0 Å². The maximum atomic E-state index is 11.6. The Morgan fingerprint density at radius 3 is 2.48 bits per heavy atom. The molecule has 0 unspecified atom stereocenters. The number of nitrogens with two attached hydrogens (primary N) is 2. The number of hydrogen-bond acceptors (Lipinski definition) is 5. The standard InChI is InChI=1S/C14H28N4O3/c1-2-3-4-5-6-9-12(19)21-13(20)11(15)8-7-10-18-14(16)17/h11H,2-10,15H2,1H3,(H4,16,17,18)/t11-/m0/s1. The summed E-state index contributed by atoms with van der Waals surface area (Å²) in [5.41, 5.74) is 10.8. The Morgan fingerprint density at radius 2 is 1.86 bits per heavy atom. The second kappa shape index (κ2) is 12.1. The quantitative estimate of drug-likeness (QED) is 0.148. The summed E-state index contributed by atoms with van der Waals surface area (Å²) < 4.78 is 4.71. The molecule has 0 aromatic rings. The lowest BCUT2D eigenvalue weighted by molar-refractivity contribution is -0.160. The van der Waals surface area contributed by atoms with Crippen molar-refractivity contribution in [2.45, 2.75) is 64.3 Å². The average Bonchev–Trinajstić information content (AvgIpc) is 2.42. The Hall–Kier alpha value is -1.63. The molecule has 7 heteroatoms. The van der Waals surface area contributed by atoms with Gasteiger partial charge in [-0.1, -0.05) is 32.6 Å². The van der Waals surface area contributed by atoms with Crippen LogP contribution in [-0.2, 0) is 14.3 Å². The average molecular weight is 300 g/mol. The van der Waals surface area contributed by atoms with Crippen LogP contribution in [0.3, 0.4) is 0 Å². The summed E-state index contributed by atoms with van der Waals surface area (Å²) in [6, 6.07) is -0.817. The molecule has 0 amide bonds. The first-order chi connectivity index (χ1) is 9.97. The van der Waals surface area contributed by atoms with Gasteiger partial charge in [-0.15, -0.1) is 0 Å². The van der Waals surface area contributed by atoms with Crippen molar-refractivity contribution < 1.29 is 14.3 Å². The van der Waals surface area contributed by atoms with Crippen LogP contribution < -0.4 is 16.8 Å². The lowest BCUT2D eigenvalue weighted by Crippen LogP contribution is -2.36. The van der Waals surface area contributed by atoms with Crippen LogP contribution in [0.4, 0.5) is 0 Å². The molecule has 0 spiro atoms. The molecule has 6 N–H and O–H groups in total. The van der Waals surface area contributed by atoms with E-state index in [1.54, 1.807) is 0 Å². The third-order valence-corrected chi connectivity index (χ3v) is 3.01. The van der Waals surface area contributed by atoms with E-state index in [2.05, 4.69) is 12.2 Å². The van der Waals surface area contributed by atoms with Gasteiger partial charge in [0, 0.05) is 13.0 Å². The van der Waals surface area contributed by atoms with Gasteiger partial charge in [0.2, 0.25) is 0 Å². The number of esters is 2. The van der Waals surface area contributed by atoms with E-state index >= 15 is 0 Å². The number of carbonyl (C=O) groups excluding carboxylic acids is 2. The van der Waals surface area contributed by atoms with Crippen molar-refractivity contribution >= 4 is 17.9 Å². The number of guanidine groups is 1. The molecule has 1 atom stereocenters. The minimum absolute atomic E-state index is 0.121. The molecule has 0 radical (unpaired) electrons. The molecular formula is C14H28N4O3. The van der Waals surface area contributed by atoms with Gasteiger partial charge in [0.1, 0.15) is 6.04 Å². The number of nitrogens with one attached hydrogen (secondary N) is 2. The van der Waals surface area contributed by atoms with Crippen LogP contribution in [0, 0.1) is 5.41 Å². The SMILES string of the molecule is CCCCCCCC(=O)OC(=O)[C@@H](N)CCCNC(=N)N. The van der Waals surface area contributed by atoms with Crippen molar-refractivity contribution in [3.63, 3.8) is 0 Å². The third-order valence-electron chi connectivity index (χ3n) is 3.01. The smallest absolute Gasteiger partial charge is 0.330 e. The summed E-state index contributed by atoms with van der Waals surface area (Å²) in [7, 11) is 0. The van der Waals surface area contributed by atoms with Gasteiger partial charge in [-0.2, -0.15) is 0 Å². The predicted molar refractivity (Wildman–Crippen MR) is 81.6 cm³/mol. The van der Waals surface area contributed by atoms with Crippen molar-refractivity contribution in [1.29, 1.82) is 5.41 Å². The first-order valence-corrected chi connectivity index (χ1v) is 7.55. The number of unbranched alkanes of at least 4 members (excludes halogenated alkanes) is 4. The molecule has 0 aromatic carbocycles. The van der Waals surface area contributed by atoms with Gasteiger partial charge in [0.15, 0.2) is 5.96 Å². The normalized spacial score (nSPS) is 11.7. The summed E-state index contributed by atoms with van der Waals surface area (Å²) in [6.07, 6.45) is 6.33. The van der Waals surface area contributed by atoms with Gasteiger partial charge in [-0.3, -0.25) is 10.2 Å². The van der Waals surface area contributed by atoms with E-state index in [-0.39, 0.29) is 12.4 Å². The molecule has 0 aliphatic rings. The lowest BCUT2D eigenvalue weighted by Gasteiger charge is -2.10. The molecule has 0 fully saturated rings. The monoisotopic (exact) mass is 300 g/mol. The third kappa shape index (κ3) is 11.9. The van der Waals surface area contributed by atoms with Crippen LogP contribution >= 0.6 is 0 Å². The summed E-state index contributed by atoms with van der Waals surface area (Å²) in [5.74, 6) is -1.31. The van der Waals surface area contributed by atoms with E-state index in [0.29, 0.717) is 19.4 Å². The van der Waals surface area contributed by atoms with E-state index in [9.17, 15) is 9.59 Å². The maximum Gasteiger partial charge on any atom is 0.330 e. The fourth-order valence-corrected chi connectivity index (χ4v) is 1.77. The Bertz CT molecular complexity index is 334. The summed E-state index contributed by atoms with van der Waals surface area (Å²) in [5, 5.41) is 9.57. The molecule has 7 nitrogen and oxygen atoms in total. The molecule has 0 heterocycles. The summed E-state index contributed by atoms with van der Waals surface area (Å²) in [6.45, 7) is 2.59. The molecule has 0 rings (SSSR count). The highest BCUT2D eigenvalue weighted by atomic mass is 16.6. The lowest BCUT2D eigenvalue weighted by atomic mass is 10.1. The topological polar surface area (TPSA) is 131 Å². The van der Waals surface area contributed by atoms with Crippen LogP contribution in [0.15, 0.2) is 0 Å². The molecule has 0 aliphatic carbocycles. The molecule has 0 aliphatic heterocycles. The number of ether oxygens (including phenoxy) is 1. The molecule has 0 aromatic heterocycles. The van der Waals surface area contributed by atoms with Gasteiger partial charge in [-0.25, -0.2) is 4.79 Å². The molecule has 122 valence electrons. The Balaban J connectivity index is 3.69. The second-order valence-corrected chi connectivity index (χ2v) is 5.05. The van der Waals surface area contributed by atoms with Crippen molar-refractivity contribution in [1.82, 2.24) is 5.32 Å². The number of rotatable bonds is 11. The van der Waals surface area contributed by atoms with Crippen LogP contribution in [-0.4, -0.2) is 30.5 Å². The minimum atomic E-state index is -0.817. The van der Waals surface area contributed by atoms with Gasteiger partial charge < -0.3 is 21.5 Å². The zero-order valence-electron chi connectivity index (χ0n) is 12.8. The van der Waals surface area contributed by atoms with E-state index < -0.39 is 18.0 Å². The number of carbonyl (C=O) groups is 2. The van der Waals surface area contributed by atoms with Crippen LogP contribution in [0.25, 0.3) is 0 Å². The second-order valence-electron chi connectivity index (χ2n) is 5.05. The summed E-state index contributed by atoms with van der Waals surface area (Å²) >= 11 is 0. The van der Waals surface area contributed by atoms with Gasteiger partial charge in [0.25, 0.3) is 0 Å². The van der Waals surface area contributed by atoms with Crippen molar-refractivity contribution in [2.24, 2.45) is 11.5 Å². The maximum absolute atomic E-state index is 11.6. The Labute approximate surface area is 126 Å². The molecule has 0 saturated heterocycles. The summed E-state index contributed by atoms with van der Waals surface area (Å²) in [4.78, 5) is 23.0. The zero-order chi connectivity index (χ0) is 16.1. The minimum Gasteiger partial charge on any atom is -0.392 e. The molecule has 0 saturated carbocycles. The molecule has 21 heavy (non-hydrogen) atoms. The van der Waals surface area contributed by atoms with E-state index in [0.717, 1.165) is 32.1 Å². The van der Waals surface area contributed by atoms with Crippen LogP contribution in [0.5, 0.6) is 0 Å². The highest BCUT2D eigenvalue weighted by Crippen LogP contribution is 2.06. The first kappa shape index (κ1) is 19.4. The van der Waals surface area contributed by atoms with Gasteiger partial charge in [-0.05, 0) is 19.3 Å². The van der Waals surface area contributed by atoms with Crippen molar-refractivity contribution in [3.05, 3.63) is 0 Å². The molecule has 0 bridgehead atoms. The number of hydrogen-bond donors (Lipinski definition) is 4. The van der Waals surface area contributed by atoms with E-state index in [1.807, 2.05) is 0 Å². The van der Waals surface area contributed by atoms with Crippen LogP contribution in [0.1, 0.15) is 58.3 Å². The largest absolute Gasteiger partial charge is 0.392 e. The predicted octanol–water partition coefficient (Wildman–Crippen LogP) is 1.01. The van der Waals surface area contributed by atoms with E-state index in [1.165, 1.54) is 0 Å². The first-order valence-electron chi connectivity index (χ1n) is 7.55. The molecular weight excluding hydrogens is 272 g/mol. The van der Waals surface area contributed by atoms with Crippen LogP contribution in [0.2, 0.25) is 0 Å². The fourth-order valence-electron chi connectivity index (χ4n) is 1.77. The highest BCUT2D eigenvalue weighted by Gasteiger charge is 2.18. The van der Waals surface area contributed by atoms with E-state index in [4.69, 9.17) is 21.6 Å². The Kier molecular flexibility index (Phi) is 11.2. The van der Waals surface area contributed by atoms with Gasteiger partial charge >= 0.3 is 11.9 Å². The van der Waals surface area contributed by atoms with Gasteiger partial charge in [0.05, 0.1) is 0 Å². The highest BCUT2D eigenvalue weighted by molar-refractivity contribution is 5.88. The van der Waals surface area contributed by atoms with Crippen molar-refractivity contribution in [2.75, 3.05) is 6.54 Å².